The Labute approximate surface area is 198 Å². The number of hydrogen-bond donors (Lipinski definition) is 2. The second-order valence-electron chi connectivity index (χ2n) is 7.02. The van der Waals surface area contributed by atoms with Gasteiger partial charge in [-0.3, -0.25) is 14.9 Å². The summed E-state index contributed by atoms with van der Waals surface area (Å²) in [7, 11) is 3.31. The molecule has 0 radical (unpaired) electrons. The minimum atomic E-state index is -0.392. The predicted molar refractivity (Wildman–Crippen MR) is 133 cm³/mol. The van der Waals surface area contributed by atoms with Gasteiger partial charge in [-0.15, -0.1) is 0 Å². The van der Waals surface area contributed by atoms with E-state index in [4.69, 9.17) is 21.7 Å². The largest absolute Gasteiger partial charge is 0.490 e. The van der Waals surface area contributed by atoms with E-state index < -0.39 is 5.91 Å². The Morgan fingerprint density at radius 3 is 2.27 bits per heavy atom. The molecule has 0 saturated carbocycles. The van der Waals surface area contributed by atoms with Crippen molar-refractivity contribution in [2.24, 2.45) is 0 Å². The van der Waals surface area contributed by atoms with Crippen LogP contribution in [-0.4, -0.2) is 44.3 Å². The molecule has 33 heavy (non-hydrogen) atoms. The number of amides is 2. The third-order valence-corrected chi connectivity index (χ3v) is 4.95. The van der Waals surface area contributed by atoms with Crippen molar-refractivity contribution in [2.45, 2.75) is 0 Å². The van der Waals surface area contributed by atoms with Crippen LogP contribution < -0.4 is 20.3 Å². The number of anilines is 2. The fourth-order valence-corrected chi connectivity index (χ4v) is 3.22. The van der Waals surface area contributed by atoms with Crippen LogP contribution in [0.2, 0.25) is 0 Å². The highest BCUT2D eigenvalue weighted by molar-refractivity contribution is 7.80. The average molecular weight is 464 g/mol. The summed E-state index contributed by atoms with van der Waals surface area (Å²) in [6, 6.07) is 23.2. The van der Waals surface area contributed by atoms with Gasteiger partial charge in [-0.1, -0.05) is 30.3 Å². The molecule has 7 nitrogen and oxygen atoms in total. The Bertz CT molecular complexity index is 1100. The second-order valence-corrected chi connectivity index (χ2v) is 7.43. The molecule has 0 aromatic heterocycles. The number of nitrogens with one attached hydrogen (secondary N) is 2. The summed E-state index contributed by atoms with van der Waals surface area (Å²) in [5.41, 5.74) is 2.34. The molecule has 0 aliphatic rings. The number of benzene rings is 3. The third kappa shape index (κ3) is 6.61. The number of thiocarbonyl (C=S) groups is 1. The lowest BCUT2D eigenvalue weighted by Gasteiger charge is -2.17. The van der Waals surface area contributed by atoms with E-state index in [-0.39, 0.29) is 11.0 Å². The van der Waals surface area contributed by atoms with E-state index in [1.54, 1.807) is 67.6 Å². The van der Waals surface area contributed by atoms with Gasteiger partial charge in [-0.2, -0.15) is 0 Å². The van der Waals surface area contributed by atoms with E-state index in [1.807, 2.05) is 30.3 Å². The molecule has 2 amide bonds. The minimum Gasteiger partial charge on any atom is -0.490 e. The predicted octanol–water partition coefficient (Wildman–Crippen LogP) is 4.12. The van der Waals surface area contributed by atoms with Gasteiger partial charge in [0.1, 0.15) is 12.4 Å². The van der Waals surface area contributed by atoms with Gasteiger partial charge in [0, 0.05) is 31.1 Å². The summed E-state index contributed by atoms with van der Waals surface area (Å²) in [5.74, 6) is -0.0780. The van der Waals surface area contributed by atoms with Crippen molar-refractivity contribution in [3.63, 3.8) is 0 Å². The van der Waals surface area contributed by atoms with Gasteiger partial charge in [0.05, 0.1) is 12.2 Å². The smallest absolute Gasteiger partial charge is 0.261 e. The number of rotatable bonds is 8. The topological polar surface area (TPSA) is 79.9 Å². The molecule has 0 aliphatic carbocycles. The van der Waals surface area contributed by atoms with Crippen molar-refractivity contribution in [3.05, 3.63) is 90.0 Å². The van der Waals surface area contributed by atoms with Crippen molar-refractivity contribution in [1.82, 2.24) is 5.32 Å². The van der Waals surface area contributed by atoms with Crippen molar-refractivity contribution >= 4 is 40.5 Å². The molecule has 3 rings (SSSR count). The normalized spacial score (nSPS) is 10.2. The molecule has 0 fully saturated rings. The van der Waals surface area contributed by atoms with Crippen LogP contribution in [0.5, 0.6) is 5.75 Å². The SMILES string of the molecule is COCCOc1ccccc1C(=O)NC(=S)Nc1ccc(C(=O)N(C)c2ccccc2)cc1. The maximum Gasteiger partial charge on any atom is 0.261 e. The van der Waals surface area contributed by atoms with Crippen molar-refractivity contribution in [2.75, 3.05) is 37.6 Å². The van der Waals surface area contributed by atoms with Gasteiger partial charge in [0.2, 0.25) is 0 Å². The van der Waals surface area contributed by atoms with Gasteiger partial charge in [-0.25, -0.2) is 0 Å². The molecular weight excluding hydrogens is 438 g/mol. The van der Waals surface area contributed by atoms with Crippen LogP contribution in [0.25, 0.3) is 0 Å². The highest BCUT2D eigenvalue weighted by atomic mass is 32.1. The zero-order valence-corrected chi connectivity index (χ0v) is 19.2. The van der Waals surface area contributed by atoms with Crippen LogP contribution in [0.1, 0.15) is 20.7 Å². The molecule has 0 spiro atoms. The Hall–Kier alpha value is -3.75. The van der Waals surface area contributed by atoms with E-state index in [0.29, 0.717) is 35.8 Å². The lowest BCUT2D eigenvalue weighted by atomic mass is 10.1. The molecule has 0 atom stereocenters. The van der Waals surface area contributed by atoms with Gasteiger partial charge in [0.25, 0.3) is 11.8 Å². The molecule has 3 aromatic carbocycles. The first-order chi connectivity index (χ1) is 16.0. The third-order valence-electron chi connectivity index (χ3n) is 4.74. The van der Waals surface area contributed by atoms with Crippen LogP contribution >= 0.6 is 12.2 Å². The van der Waals surface area contributed by atoms with Crippen LogP contribution in [0, 0.1) is 0 Å². The molecule has 2 N–H and O–H groups in total. The summed E-state index contributed by atoms with van der Waals surface area (Å²) < 4.78 is 10.6. The summed E-state index contributed by atoms with van der Waals surface area (Å²) in [5, 5.41) is 5.73. The number of para-hydroxylation sites is 2. The summed E-state index contributed by atoms with van der Waals surface area (Å²) in [4.78, 5) is 26.9. The van der Waals surface area contributed by atoms with Gasteiger partial charge in [0.15, 0.2) is 5.11 Å². The molecule has 0 heterocycles. The quantitative estimate of drug-likeness (QED) is 0.387. The number of hydrogen-bond acceptors (Lipinski definition) is 5. The van der Waals surface area contributed by atoms with Crippen molar-refractivity contribution < 1.29 is 19.1 Å². The molecule has 0 unspecified atom stereocenters. The number of carbonyl (C=O) groups excluding carboxylic acids is 2. The van der Waals surface area contributed by atoms with Crippen molar-refractivity contribution in [3.8, 4) is 5.75 Å². The summed E-state index contributed by atoms with van der Waals surface area (Å²) >= 11 is 5.27. The highest BCUT2D eigenvalue weighted by Crippen LogP contribution is 2.19. The molecule has 0 aliphatic heterocycles. The number of methoxy groups -OCH3 is 1. The molecule has 3 aromatic rings. The van der Waals surface area contributed by atoms with E-state index >= 15 is 0 Å². The van der Waals surface area contributed by atoms with Gasteiger partial charge in [-0.05, 0) is 60.7 Å². The van der Waals surface area contributed by atoms with Gasteiger partial charge < -0.3 is 19.7 Å². The first-order valence-corrected chi connectivity index (χ1v) is 10.7. The molecule has 0 saturated heterocycles. The average Bonchev–Trinajstić information content (AvgIpc) is 2.84. The van der Waals surface area contributed by atoms with E-state index in [0.717, 1.165) is 5.69 Å². The van der Waals surface area contributed by atoms with E-state index in [9.17, 15) is 9.59 Å². The zero-order chi connectivity index (χ0) is 23.6. The first kappa shape index (κ1) is 23.9. The maximum absolute atomic E-state index is 12.7. The monoisotopic (exact) mass is 463 g/mol. The summed E-state index contributed by atoms with van der Waals surface area (Å²) in [6.45, 7) is 0.740. The fourth-order valence-electron chi connectivity index (χ4n) is 3.01. The summed E-state index contributed by atoms with van der Waals surface area (Å²) in [6.07, 6.45) is 0. The Kier molecular flexibility index (Phi) is 8.51. The van der Waals surface area contributed by atoms with Crippen LogP contribution in [0.4, 0.5) is 11.4 Å². The maximum atomic E-state index is 12.7. The standard InChI is InChI=1S/C25H25N3O4S/c1-28(20-8-4-3-5-9-20)24(30)18-12-14-19(15-13-18)26-25(33)27-23(29)21-10-6-7-11-22(21)32-17-16-31-2/h3-15H,16-17H2,1-2H3,(H2,26,27,29,33). The Morgan fingerprint density at radius 2 is 1.58 bits per heavy atom. The molecule has 0 bridgehead atoms. The minimum absolute atomic E-state index is 0.131. The van der Waals surface area contributed by atoms with E-state index in [2.05, 4.69) is 10.6 Å². The van der Waals surface area contributed by atoms with Crippen LogP contribution in [0.15, 0.2) is 78.9 Å². The zero-order valence-electron chi connectivity index (χ0n) is 18.4. The number of ether oxygens (including phenoxy) is 2. The van der Waals surface area contributed by atoms with Crippen LogP contribution in [-0.2, 0) is 4.74 Å². The first-order valence-electron chi connectivity index (χ1n) is 10.3. The van der Waals surface area contributed by atoms with Crippen molar-refractivity contribution in [1.29, 1.82) is 0 Å². The van der Waals surface area contributed by atoms with E-state index in [1.165, 1.54) is 0 Å². The molecule has 8 heteroatoms. The number of nitrogens with zero attached hydrogens (tertiary/aromatic N) is 1. The highest BCUT2D eigenvalue weighted by Gasteiger charge is 2.15. The Morgan fingerprint density at radius 1 is 0.909 bits per heavy atom. The fraction of sp³-hybridized carbons (Fsp3) is 0.160. The lowest BCUT2D eigenvalue weighted by Crippen LogP contribution is -2.34. The molecule has 170 valence electrons. The second kappa shape index (κ2) is 11.8. The van der Waals surface area contributed by atoms with Crippen LogP contribution in [0.3, 0.4) is 0 Å². The van der Waals surface area contributed by atoms with Gasteiger partial charge >= 0.3 is 0 Å². The molecular formula is C25H25N3O4S. The Balaban J connectivity index is 1.59. The lowest BCUT2D eigenvalue weighted by molar-refractivity contribution is 0.0967. The number of carbonyl (C=O) groups is 2.